The van der Waals surface area contributed by atoms with E-state index in [1.165, 1.54) is 4.90 Å². The molecule has 20 heavy (non-hydrogen) atoms. The molecule has 2 saturated heterocycles. The Kier molecular flexibility index (Phi) is 3.40. The van der Waals surface area contributed by atoms with Gasteiger partial charge in [-0.2, -0.15) is 0 Å². The minimum Gasteiger partial charge on any atom is -0.480 e. The van der Waals surface area contributed by atoms with Crippen molar-refractivity contribution in [3.8, 4) is 0 Å². The molecular formula is C14H20N2O4. The van der Waals surface area contributed by atoms with Crippen molar-refractivity contribution in [3.05, 3.63) is 0 Å². The molecule has 6 nitrogen and oxygen atoms in total. The molecule has 0 radical (unpaired) electrons. The fourth-order valence-corrected chi connectivity index (χ4v) is 3.32. The minimum absolute atomic E-state index is 0.0507. The smallest absolute Gasteiger partial charge is 0.326 e. The molecule has 2 atom stereocenters. The van der Waals surface area contributed by atoms with Crippen LogP contribution in [-0.2, 0) is 14.4 Å². The maximum atomic E-state index is 12.5. The lowest BCUT2D eigenvalue weighted by Crippen LogP contribution is -2.50. The van der Waals surface area contributed by atoms with Gasteiger partial charge in [-0.05, 0) is 32.1 Å². The standard InChI is InChI=1S/C14H20N2O4/c17-12-7-9(8-16(12)10-4-5-10)13(18)15-6-2-1-3-11(15)14(19)20/h9-11H,1-8H2,(H,19,20). The van der Waals surface area contributed by atoms with Crippen molar-refractivity contribution in [3.63, 3.8) is 0 Å². The molecule has 6 heteroatoms. The molecule has 0 aromatic heterocycles. The highest BCUT2D eigenvalue weighted by molar-refractivity contribution is 5.91. The third-order valence-electron chi connectivity index (χ3n) is 4.57. The summed E-state index contributed by atoms with van der Waals surface area (Å²) >= 11 is 0. The van der Waals surface area contributed by atoms with Gasteiger partial charge in [0.25, 0.3) is 0 Å². The Morgan fingerprint density at radius 1 is 1.15 bits per heavy atom. The average molecular weight is 280 g/mol. The van der Waals surface area contributed by atoms with E-state index in [2.05, 4.69) is 0 Å². The molecular weight excluding hydrogens is 260 g/mol. The number of hydrogen-bond acceptors (Lipinski definition) is 3. The van der Waals surface area contributed by atoms with Gasteiger partial charge in [-0.25, -0.2) is 4.79 Å². The van der Waals surface area contributed by atoms with Crippen LogP contribution >= 0.6 is 0 Å². The highest BCUT2D eigenvalue weighted by Crippen LogP contribution is 2.33. The first-order valence-corrected chi connectivity index (χ1v) is 7.40. The summed E-state index contributed by atoms with van der Waals surface area (Å²) in [4.78, 5) is 39.0. The minimum atomic E-state index is -0.929. The van der Waals surface area contributed by atoms with E-state index in [1.807, 2.05) is 4.90 Å². The summed E-state index contributed by atoms with van der Waals surface area (Å²) in [5, 5.41) is 9.23. The first kappa shape index (κ1) is 13.4. The molecule has 3 aliphatic rings. The van der Waals surface area contributed by atoms with Crippen molar-refractivity contribution in [2.75, 3.05) is 13.1 Å². The Balaban J connectivity index is 1.68. The Bertz CT molecular complexity index is 446. The third kappa shape index (κ3) is 2.39. The second-order valence-electron chi connectivity index (χ2n) is 6.06. The van der Waals surface area contributed by atoms with E-state index in [-0.39, 0.29) is 24.2 Å². The van der Waals surface area contributed by atoms with Gasteiger partial charge in [0, 0.05) is 25.6 Å². The summed E-state index contributed by atoms with van der Waals surface area (Å²) in [5.41, 5.74) is 0. The number of hydrogen-bond donors (Lipinski definition) is 1. The molecule has 1 saturated carbocycles. The fraction of sp³-hybridized carbons (Fsp3) is 0.786. The monoisotopic (exact) mass is 280 g/mol. The number of carbonyl (C=O) groups excluding carboxylic acids is 2. The normalized spacial score (nSPS) is 30.7. The van der Waals surface area contributed by atoms with E-state index in [0.717, 1.165) is 25.7 Å². The number of carbonyl (C=O) groups is 3. The molecule has 2 amide bonds. The van der Waals surface area contributed by atoms with Gasteiger partial charge < -0.3 is 14.9 Å². The van der Waals surface area contributed by atoms with Crippen LogP contribution < -0.4 is 0 Å². The summed E-state index contributed by atoms with van der Waals surface area (Å²) < 4.78 is 0. The van der Waals surface area contributed by atoms with Crippen LogP contribution in [0.3, 0.4) is 0 Å². The van der Waals surface area contributed by atoms with Crippen molar-refractivity contribution in [1.29, 1.82) is 0 Å². The van der Waals surface area contributed by atoms with Crippen LogP contribution in [0.15, 0.2) is 0 Å². The molecule has 1 N–H and O–H groups in total. The summed E-state index contributed by atoms with van der Waals surface area (Å²) in [5.74, 6) is -1.37. The van der Waals surface area contributed by atoms with E-state index >= 15 is 0 Å². The van der Waals surface area contributed by atoms with Crippen LogP contribution in [0, 0.1) is 5.92 Å². The molecule has 3 fully saturated rings. The van der Waals surface area contributed by atoms with E-state index in [0.29, 0.717) is 25.6 Å². The number of piperidine rings is 1. The van der Waals surface area contributed by atoms with Crippen LogP contribution in [0.25, 0.3) is 0 Å². The molecule has 2 aliphatic heterocycles. The Morgan fingerprint density at radius 3 is 2.55 bits per heavy atom. The Labute approximate surface area is 117 Å². The first-order valence-electron chi connectivity index (χ1n) is 7.40. The summed E-state index contributed by atoms with van der Waals surface area (Å²) in [6.07, 6.45) is 4.54. The number of rotatable bonds is 3. The summed E-state index contributed by atoms with van der Waals surface area (Å²) in [7, 11) is 0. The predicted octanol–water partition coefficient (Wildman–Crippen LogP) is 0.463. The maximum absolute atomic E-state index is 12.5. The van der Waals surface area contributed by atoms with Crippen LogP contribution in [0.1, 0.15) is 38.5 Å². The molecule has 3 rings (SSSR count). The summed E-state index contributed by atoms with van der Waals surface area (Å²) in [6.45, 7) is 0.981. The van der Waals surface area contributed by atoms with Gasteiger partial charge in [0.05, 0.1) is 5.92 Å². The number of likely N-dealkylation sites (tertiary alicyclic amines) is 2. The molecule has 0 aromatic rings. The summed E-state index contributed by atoms with van der Waals surface area (Å²) in [6, 6.07) is -0.377. The highest BCUT2D eigenvalue weighted by Gasteiger charge is 2.44. The number of carboxylic acid groups (broad SMARTS) is 1. The van der Waals surface area contributed by atoms with E-state index in [1.54, 1.807) is 0 Å². The zero-order valence-corrected chi connectivity index (χ0v) is 11.5. The third-order valence-corrected chi connectivity index (χ3v) is 4.57. The SMILES string of the molecule is O=C(O)C1CCCCN1C(=O)C1CC(=O)N(C2CC2)C1. The van der Waals surface area contributed by atoms with Crippen LogP contribution in [0.4, 0.5) is 0 Å². The lowest BCUT2D eigenvalue weighted by atomic mass is 9.98. The highest BCUT2D eigenvalue weighted by atomic mass is 16.4. The van der Waals surface area contributed by atoms with Crippen LogP contribution in [0.5, 0.6) is 0 Å². The number of carboxylic acids is 1. The molecule has 2 heterocycles. The van der Waals surface area contributed by atoms with Crippen molar-refractivity contribution in [2.45, 2.75) is 50.6 Å². The zero-order valence-electron chi connectivity index (χ0n) is 11.5. The van der Waals surface area contributed by atoms with Gasteiger partial charge in [-0.15, -0.1) is 0 Å². The van der Waals surface area contributed by atoms with Gasteiger partial charge in [0.15, 0.2) is 0 Å². The number of nitrogens with zero attached hydrogens (tertiary/aromatic N) is 2. The second-order valence-corrected chi connectivity index (χ2v) is 6.06. The van der Waals surface area contributed by atoms with Crippen molar-refractivity contribution >= 4 is 17.8 Å². The lowest BCUT2D eigenvalue weighted by Gasteiger charge is -2.34. The van der Waals surface area contributed by atoms with Crippen molar-refractivity contribution in [2.24, 2.45) is 5.92 Å². The molecule has 0 spiro atoms. The van der Waals surface area contributed by atoms with Crippen LogP contribution in [-0.4, -0.2) is 57.9 Å². The topological polar surface area (TPSA) is 77.9 Å². The van der Waals surface area contributed by atoms with Gasteiger partial charge in [0.1, 0.15) is 6.04 Å². The maximum Gasteiger partial charge on any atom is 0.326 e. The molecule has 0 bridgehead atoms. The fourth-order valence-electron chi connectivity index (χ4n) is 3.32. The van der Waals surface area contributed by atoms with Crippen LogP contribution in [0.2, 0.25) is 0 Å². The Hall–Kier alpha value is -1.59. The Morgan fingerprint density at radius 2 is 1.90 bits per heavy atom. The molecule has 1 aliphatic carbocycles. The number of aliphatic carboxylic acids is 1. The van der Waals surface area contributed by atoms with E-state index < -0.39 is 12.0 Å². The average Bonchev–Trinajstić information content (AvgIpc) is 3.21. The van der Waals surface area contributed by atoms with Gasteiger partial charge in [0.2, 0.25) is 11.8 Å². The first-order chi connectivity index (χ1) is 9.58. The number of amides is 2. The van der Waals surface area contributed by atoms with Gasteiger partial charge in [-0.1, -0.05) is 0 Å². The molecule has 110 valence electrons. The van der Waals surface area contributed by atoms with Crippen molar-refractivity contribution < 1.29 is 19.5 Å². The van der Waals surface area contributed by atoms with E-state index in [4.69, 9.17) is 0 Å². The van der Waals surface area contributed by atoms with Gasteiger partial charge in [-0.3, -0.25) is 9.59 Å². The van der Waals surface area contributed by atoms with Gasteiger partial charge >= 0.3 is 5.97 Å². The predicted molar refractivity (Wildman–Crippen MR) is 69.8 cm³/mol. The van der Waals surface area contributed by atoms with E-state index in [9.17, 15) is 19.5 Å². The second kappa shape index (κ2) is 5.07. The largest absolute Gasteiger partial charge is 0.480 e. The zero-order chi connectivity index (χ0) is 14.3. The quantitative estimate of drug-likeness (QED) is 0.815. The molecule has 0 aromatic carbocycles. The lowest BCUT2D eigenvalue weighted by molar-refractivity contribution is -0.153. The van der Waals surface area contributed by atoms with Crippen molar-refractivity contribution in [1.82, 2.24) is 9.80 Å². The molecule has 2 unspecified atom stereocenters.